The Balaban J connectivity index is 0.00000306. The van der Waals surface area contributed by atoms with E-state index in [1.165, 1.54) is 17.9 Å². The number of carbonyl (C=O) groups is 2. The zero-order valence-corrected chi connectivity index (χ0v) is 21.0. The first-order valence-corrected chi connectivity index (χ1v) is 10.9. The van der Waals surface area contributed by atoms with E-state index in [9.17, 15) is 14.0 Å². The van der Waals surface area contributed by atoms with Crippen molar-refractivity contribution in [3.8, 4) is 11.1 Å². The Morgan fingerprint density at radius 2 is 1.88 bits per heavy atom. The van der Waals surface area contributed by atoms with E-state index < -0.39 is 18.0 Å². The lowest BCUT2D eigenvalue weighted by atomic mass is 10.1. The number of cyclic esters (lactones) is 1. The molecule has 1 aliphatic heterocycles. The second kappa shape index (κ2) is 10.9. The molecule has 0 aliphatic carbocycles. The van der Waals surface area contributed by atoms with Crippen LogP contribution >= 0.6 is 15.9 Å². The number of hydrogen-bond donors (Lipinski definition) is 1. The number of aromatic nitrogens is 1. The van der Waals surface area contributed by atoms with Gasteiger partial charge in [0.1, 0.15) is 11.9 Å². The minimum atomic E-state index is -0.554. The van der Waals surface area contributed by atoms with Crippen molar-refractivity contribution < 1.29 is 40.3 Å². The van der Waals surface area contributed by atoms with Crippen molar-refractivity contribution in [2.75, 3.05) is 18.0 Å². The van der Waals surface area contributed by atoms with Crippen molar-refractivity contribution in [2.24, 2.45) is 0 Å². The Bertz CT molecular complexity index is 1140. The molecule has 1 atom stereocenters. The number of benzene rings is 2. The van der Waals surface area contributed by atoms with Crippen LogP contribution in [0.25, 0.3) is 11.1 Å². The van der Waals surface area contributed by atoms with Gasteiger partial charge in [0.2, 0.25) is 5.91 Å². The molecule has 2 amide bonds. The van der Waals surface area contributed by atoms with Crippen LogP contribution in [0.3, 0.4) is 0 Å². The van der Waals surface area contributed by atoms with Gasteiger partial charge in [-0.3, -0.25) is 9.69 Å². The molecule has 3 aromatic rings. The summed E-state index contributed by atoms with van der Waals surface area (Å²) in [6, 6.07) is 16.5. The molecule has 4 rings (SSSR count). The first kappa shape index (κ1) is 24.9. The fourth-order valence-electron chi connectivity index (χ4n) is 3.55. The van der Waals surface area contributed by atoms with E-state index in [1.54, 1.807) is 12.1 Å². The molecule has 33 heavy (non-hydrogen) atoms. The van der Waals surface area contributed by atoms with E-state index in [0.717, 1.165) is 15.6 Å². The van der Waals surface area contributed by atoms with E-state index in [0.29, 0.717) is 17.8 Å². The molecule has 0 saturated carbocycles. The average molecular weight is 579 g/mol. The lowest BCUT2D eigenvalue weighted by Gasteiger charge is -2.14. The van der Waals surface area contributed by atoms with Crippen LogP contribution in [-0.2, 0) is 16.1 Å². The number of pyridine rings is 1. The highest BCUT2D eigenvalue weighted by atomic mass is 79.9. The smallest absolute Gasteiger partial charge is 0.414 e. The summed E-state index contributed by atoms with van der Waals surface area (Å²) in [7, 11) is 0. The number of nitrogens with one attached hydrogen (secondary N) is 1. The van der Waals surface area contributed by atoms with Crippen molar-refractivity contribution in [3.63, 3.8) is 0 Å². The second-order valence-electron chi connectivity index (χ2n) is 7.60. The summed E-state index contributed by atoms with van der Waals surface area (Å²) in [5.41, 5.74) is 2.78. The quantitative estimate of drug-likeness (QED) is 0.445. The largest absolute Gasteiger partial charge is 1.00 e. The number of carbonyl (C=O) groups excluding carboxylic acids is 2. The van der Waals surface area contributed by atoms with Crippen molar-refractivity contribution >= 4 is 33.6 Å². The summed E-state index contributed by atoms with van der Waals surface area (Å²) in [4.78, 5) is 24.6. The lowest BCUT2D eigenvalue weighted by Crippen LogP contribution is -3.00. The predicted octanol–water partition coefficient (Wildman–Crippen LogP) is 1.06. The highest BCUT2D eigenvalue weighted by Gasteiger charge is 2.32. The van der Waals surface area contributed by atoms with Crippen LogP contribution in [0.5, 0.6) is 0 Å². The van der Waals surface area contributed by atoms with Crippen molar-refractivity contribution in [1.82, 2.24) is 5.32 Å². The molecule has 1 fully saturated rings. The first-order chi connectivity index (χ1) is 15.4. The van der Waals surface area contributed by atoms with Crippen molar-refractivity contribution in [2.45, 2.75) is 19.6 Å². The Kier molecular flexibility index (Phi) is 8.20. The van der Waals surface area contributed by atoms with E-state index in [4.69, 9.17) is 4.74 Å². The van der Waals surface area contributed by atoms with Gasteiger partial charge in [0.25, 0.3) is 0 Å². The molecule has 1 saturated heterocycles. The van der Waals surface area contributed by atoms with Gasteiger partial charge in [-0.1, -0.05) is 28.1 Å². The topological polar surface area (TPSA) is 62.5 Å². The van der Waals surface area contributed by atoms with Crippen LogP contribution in [0, 0.1) is 5.82 Å². The second-order valence-corrected chi connectivity index (χ2v) is 8.52. The molecule has 2 heterocycles. The van der Waals surface area contributed by atoms with Crippen molar-refractivity contribution in [1.29, 1.82) is 0 Å². The minimum Gasteiger partial charge on any atom is -1.00 e. The van der Waals surface area contributed by atoms with Crippen molar-refractivity contribution in [3.05, 3.63) is 82.8 Å². The maximum Gasteiger partial charge on any atom is 0.414 e. The van der Waals surface area contributed by atoms with Gasteiger partial charge in [0.05, 0.1) is 18.8 Å². The summed E-state index contributed by atoms with van der Waals surface area (Å²) in [6.07, 6.45) is 2.80. The molecule has 1 unspecified atom stereocenters. The van der Waals surface area contributed by atoms with Gasteiger partial charge in [-0.05, 0) is 35.9 Å². The molecule has 6 nitrogen and oxygen atoms in total. The number of hydrogen-bond acceptors (Lipinski definition) is 3. The zero-order chi connectivity index (χ0) is 22.7. The van der Waals surface area contributed by atoms with Crippen LogP contribution in [0.1, 0.15) is 12.5 Å². The van der Waals surface area contributed by atoms with Gasteiger partial charge < -0.3 is 27.0 Å². The number of rotatable bonds is 6. The number of halogens is 3. The Morgan fingerprint density at radius 3 is 2.52 bits per heavy atom. The van der Waals surface area contributed by atoms with Gasteiger partial charge in [0.15, 0.2) is 18.9 Å². The van der Waals surface area contributed by atoms with E-state index in [-0.39, 0.29) is 36.0 Å². The maximum atomic E-state index is 14.9. The predicted molar refractivity (Wildman–Crippen MR) is 122 cm³/mol. The monoisotopic (exact) mass is 577 g/mol. The SMILES string of the molecule is CC(=O)NCC1CN(c2ccc(-c3cc[n+](Cc4ccc(Br)cc4)cc3)c(F)c2)C(=O)O1.[Br-]. The van der Waals surface area contributed by atoms with Crippen LogP contribution in [0.4, 0.5) is 14.9 Å². The summed E-state index contributed by atoms with van der Waals surface area (Å²) in [6.45, 7) is 2.59. The average Bonchev–Trinajstić information content (AvgIpc) is 3.15. The third-order valence-electron chi connectivity index (χ3n) is 5.20. The van der Waals surface area contributed by atoms with Crippen LogP contribution in [0.2, 0.25) is 0 Å². The van der Waals surface area contributed by atoms with Crippen LogP contribution in [0.15, 0.2) is 71.5 Å². The molecule has 0 bridgehead atoms. The summed E-state index contributed by atoms with van der Waals surface area (Å²) in [5, 5.41) is 2.62. The zero-order valence-electron chi connectivity index (χ0n) is 17.8. The fourth-order valence-corrected chi connectivity index (χ4v) is 3.81. The highest BCUT2D eigenvalue weighted by molar-refractivity contribution is 9.10. The Hall–Kier alpha value is -2.78. The molecule has 0 spiro atoms. The van der Waals surface area contributed by atoms with Crippen LogP contribution < -0.4 is 31.8 Å². The molecule has 1 aromatic heterocycles. The van der Waals surface area contributed by atoms with Crippen LogP contribution in [-0.4, -0.2) is 31.2 Å². The number of anilines is 1. The molecule has 1 N–H and O–H groups in total. The Labute approximate surface area is 210 Å². The molecule has 0 radical (unpaired) electrons. The number of ether oxygens (including phenoxy) is 1. The molecule has 2 aromatic carbocycles. The van der Waals surface area contributed by atoms with Gasteiger partial charge >= 0.3 is 6.09 Å². The molecule has 172 valence electrons. The number of amides is 2. The van der Waals surface area contributed by atoms with Gasteiger partial charge in [-0.2, -0.15) is 0 Å². The molecule has 1 aliphatic rings. The third kappa shape index (κ3) is 6.17. The number of nitrogens with zero attached hydrogens (tertiary/aromatic N) is 2. The van der Waals surface area contributed by atoms with Gasteiger partial charge in [-0.25, -0.2) is 13.8 Å². The van der Waals surface area contributed by atoms with E-state index in [1.807, 2.05) is 53.4 Å². The highest BCUT2D eigenvalue weighted by Crippen LogP contribution is 2.28. The molecular formula is C24H22Br2FN3O3. The van der Waals surface area contributed by atoms with E-state index in [2.05, 4.69) is 21.2 Å². The normalized spacial score (nSPS) is 15.1. The molecule has 9 heteroatoms. The third-order valence-corrected chi connectivity index (χ3v) is 5.73. The first-order valence-electron chi connectivity index (χ1n) is 10.1. The standard InChI is InChI=1S/C24H21BrFN3O3.BrH/c1-16(30)27-13-21-15-29(24(31)32-21)20-6-7-22(23(26)12-20)18-8-10-28(11-9-18)14-17-2-4-19(25)5-3-17;/h2-12,21H,13-15H2,1H3;1H. The van der Waals surface area contributed by atoms with Gasteiger partial charge in [0, 0.05) is 34.7 Å². The summed E-state index contributed by atoms with van der Waals surface area (Å²) in [5.74, 6) is -0.623. The maximum absolute atomic E-state index is 14.9. The molecular weight excluding hydrogens is 557 g/mol. The van der Waals surface area contributed by atoms with E-state index >= 15 is 0 Å². The summed E-state index contributed by atoms with van der Waals surface area (Å²) >= 11 is 3.43. The summed E-state index contributed by atoms with van der Waals surface area (Å²) < 4.78 is 23.2. The fraction of sp³-hybridized carbons (Fsp3) is 0.208. The minimum absolute atomic E-state index is 0. The lowest BCUT2D eigenvalue weighted by molar-refractivity contribution is -0.688. The Morgan fingerprint density at radius 1 is 1.18 bits per heavy atom. The van der Waals surface area contributed by atoms with Gasteiger partial charge in [-0.15, -0.1) is 0 Å².